The predicted octanol–water partition coefficient (Wildman–Crippen LogP) is 6.23. The van der Waals surface area contributed by atoms with Crippen molar-refractivity contribution in [1.82, 2.24) is 0 Å². The highest BCUT2D eigenvalue weighted by Gasteiger charge is 2.16. The van der Waals surface area contributed by atoms with Gasteiger partial charge < -0.3 is 20.1 Å². The standard InChI is InChI=1S/C29H28ClN3O4/c1-5-36-26-15-21(13-22(16-31)29(35)33-23-9-6-18(2)7-10-23)14-25(30)28(26)37-17-27(34)32-24-11-8-19(3)20(4)12-24/h6-15H,5,17H2,1-4H3,(H,32,34)(H,33,35)/b22-13-. The number of benzene rings is 3. The van der Waals surface area contributed by atoms with Gasteiger partial charge in [-0.1, -0.05) is 35.4 Å². The third-order valence-electron chi connectivity index (χ3n) is 5.46. The van der Waals surface area contributed by atoms with E-state index in [-0.39, 0.29) is 34.6 Å². The van der Waals surface area contributed by atoms with Crippen LogP contribution in [-0.4, -0.2) is 25.0 Å². The second-order valence-electron chi connectivity index (χ2n) is 8.39. The highest BCUT2D eigenvalue weighted by molar-refractivity contribution is 6.32. The van der Waals surface area contributed by atoms with E-state index >= 15 is 0 Å². The van der Waals surface area contributed by atoms with Gasteiger partial charge in [-0.05, 0) is 86.9 Å². The number of nitrogens with one attached hydrogen (secondary N) is 2. The molecule has 2 amide bonds. The monoisotopic (exact) mass is 517 g/mol. The van der Waals surface area contributed by atoms with Crippen molar-refractivity contribution >= 4 is 40.9 Å². The van der Waals surface area contributed by atoms with Gasteiger partial charge in [0.05, 0.1) is 11.6 Å². The Hall–Kier alpha value is -4.28. The first-order chi connectivity index (χ1) is 17.7. The van der Waals surface area contributed by atoms with Crippen LogP contribution in [0.15, 0.2) is 60.2 Å². The maximum absolute atomic E-state index is 12.6. The number of amides is 2. The lowest BCUT2D eigenvalue weighted by Crippen LogP contribution is -2.20. The number of carbonyl (C=O) groups excluding carboxylic acids is 2. The van der Waals surface area contributed by atoms with Crippen molar-refractivity contribution in [1.29, 1.82) is 5.26 Å². The molecule has 0 aromatic heterocycles. The summed E-state index contributed by atoms with van der Waals surface area (Å²) in [6, 6.07) is 17.9. The van der Waals surface area contributed by atoms with E-state index in [0.29, 0.717) is 23.5 Å². The molecule has 3 aromatic carbocycles. The molecule has 190 valence electrons. The van der Waals surface area contributed by atoms with Crippen molar-refractivity contribution in [3.05, 3.63) is 87.4 Å². The van der Waals surface area contributed by atoms with Crippen LogP contribution in [0.4, 0.5) is 11.4 Å². The molecule has 2 N–H and O–H groups in total. The van der Waals surface area contributed by atoms with Gasteiger partial charge in [0.2, 0.25) is 0 Å². The first kappa shape index (κ1) is 27.3. The van der Waals surface area contributed by atoms with Crippen LogP contribution >= 0.6 is 11.6 Å². The van der Waals surface area contributed by atoms with Crippen LogP contribution in [0.1, 0.15) is 29.2 Å². The zero-order valence-electron chi connectivity index (χ0n) is 21.1. The molecule has 3 aromatic rings. The Morgan fingerprint density at radius 1 is 0.946 bits per heavy atom. The number of hydrogen-bond acceptors (Lipinski definition) is 5. The van der Waals surface area contributed by atoms with Crippen LogP contribution in [0.5, 0.6) is 11.5 Å². The fraction of sp³-hybridized carbons (Fsp3) is 0.207. The van der Waals surface area contributed by atoms with Crippen molar-refractivity contribution in [2.24, 2.45) is 0 Å². The number of anilines is 2. The Bertz CT molecular complexity index is 1380. The number of ether oxygens (including phenoxy) is 2. The van der Waals surface area contributed by atoms with E-state index in [1.165, 1.54) is 12.1 Å². The summed E-state index contributed by atoms with van der Waals surface area (Å²) in [6.45, 7) is 7.72. The van der Waals surface area contributed by atoms with Crippen molar-refractivity contribution < 1.29 is 19.1 Å². The molecular weight excluding hydrogens is 490 g/mol. The average Bonchev–Trinajstić information content (AvgIpc) is 2.85. The molecule has 3 rings (SSSR count). The summed E-state index contributed by atoms with van der Waals surface area (Å²) in [5.74, 6) is -0.427. The molecule has 0 atom stereocenters. The van der Waals surface area contributed by atoms with Crippen LogP contribution in [0.3, 0.4) is 0 Å². The maximum atomic E-state index is 12.6. The van der Waals surface area contributed by atoms with E-state index < -0.39 is 5.91 Å². The molecule has 0 radical (unpaired) electrons. The number of nitrogens with zero attached hydrogens (tertiary/aromatic N) is 1. The molecular formula is C29H28ClN3O4. The van der Waals surface area contributed by atoms with Gasteiger partial charge >= 0.3 is 0 Å². The summed E-state index contributed by atoms with van der Waals surface area (Å²) in [4.78, 5) is 25.1. The smallest absolute Gasteiger partial charge is 0.266 e. The number of carbonyl (C=O) groups is 2. The Labute approximate surface area is 221 Å². The van der Waals surface area contributed by atoms with E-state index in [0.717, 1.165) is 16.7 Å². The van der Waals surface area contributed by atoms with Crippen molar-refractivity contribution in [2.45, 2.75) is 27.7 Å². The average molecular weight is 518 g/mol. The minimum atomic E-state index is -0.552. The highest BCUT2D eigenvalue weighted by Crippen LogP contribution is 2.37. The summed E-state index contributed by atoms with van der Waals surface area (Å²) >= 11 is 6.45. The fourth-order valence-corrected chi connectivity index (χ4v) is 3.65. The van der Waals surface area contributed by atoms with Gasteiger partial charge in [0.1, 0.15) is 11.6 Å². The minimum absolute atomic E-state index is 0.111. The summed E-state index contributed by atoms with van der Waals surface area (Å²) in [5, 5.41) is 15.2. The van der Waals surface area contributed by atoms with E-state index in [1.54, 1.807) is 25.1 Å². The second kappa shape index (κ2) is 12.6. The summed E-state index contributed by atoms with van der Waals surface area (Å²) in [5.41, 5.74) is 4.85. The van der Waals surface area contributed by atoms with E-state index in [2.05, 4.69) is 10.6 Å². The van der Waals surface area contributed by atoms with Crippen molar-refractivity contribution in [2.75, 3.05) is 23.8 Å². The van der Waals surface area contributed by atoms with Crippen molar-refractivity contribution in [3.8, 4) is 17.6 Å². The Morgan fingerprint density at radius 2 is 1.65 bits per heavy atom. The van der Waals surface area contributed by atoms with Gasteiger partial charge in [-0.25, -0.2) is 0 Å². The lowest BCUT2D eigenvalue weighted by Gasteiger charge is -2.15. The first-order valence-corrected chi connectivity index (χ1v) is 12.0. The van der Waals surface area contributed by atoms with Crippen LogP contribution in [0.2, 0.25) is 5.02 Å². The number of aryl methyl sites for hydroxylation is 3. The molecule has 0 aliphatic rings. The topological polar surface area (TPSA) is 100 Å². The van der Waals surface area contributed by atoms with Gasteiger partial charge in [-0.3, -0.25) is 9.59 Å². The second-order valence-corrected chi connectivity index (χ2v) is 8.80. The molecule has 0 fully saturated rings. The number of rotatable bonds is 9. The van der Waals surface area contributed by atoms with Gasteiger partial charge in [0, 0.05) is 11.4 Å². The van der Waals surface area contributed by atoms with E-state index in [1.807, 2.05) is 57.2 Å². The predicted molar refractivity (Wildman–Crippen MR) is 146 cm³/mol. The number of hydrogen-bond donors (Lipinski definition) is 2. The molecule has 37 heavy (non-hydrogen) atoms. The summed E-state index contributed by atoms with van der Waals surface area (Å²) < 4.78 is 11.4. The molecule has 0 heterocycles. The SMILES string of the molecule is CCOc1cc(/C=C(/C#N)C(=O)Nc2ccc(C)cc2)cc(Cl)c1OCC(=O)Nc1ccc(C)c(C)c1. The van der Waals surface area contributed by atoms with Crippen molar-refractivity contribution in [3.63, 3.8) is 0 Å². The quantitative estimate of drug-likeness (QED) is 0.259. The largest absolute Gasteiger partial charge is 0.490 e. The van der Waals surface area contributed by atoms with E-state index in [4.69, 9.17) is 21.1 Å². The van der Waals surface area contributed by atoms with Crippen LogP contribution in [-0.2, 0) is 9.59 Å². The number of halogens is 1. The van der Waals surface area contributed by atoms with Gasteiger partial charge in [0.25, 0.3) is 11.8 Å². The fourth-order valence-electron chi connectivity index (χ4n) is 3.38. The van der Waals surface area contributed by atoms with Gasteiger partial charge in [-0.2, -0.15) is 5.26 Å². The maximum Gasteiger partial charge on any atom is 0.266 e. The van der Waals surface area contributed by atoms with Gasteiger partial charge in [-0.15, -0.1) is 0 Å². The Morgan fingerprint density at radius 3 is 2.30 bits per heavy atom. The molecule has 0 saturated heterocycles. The molecule has 0 aliphatic carbocycles. The van der Waals surface area contributed by atoms with Gasteiger partial charge in [0.15, 0.2) is 18.1 Å². The zero-order chi connectivity index (χ0) is 26.9. The molecule has 7 nitrogen and oxygen atoms in total. The van der Waals surface area contributed by atoms with Crippen LogP contribution in [0.25, 0.3) is 6.08 Å². The third kappa shape index (κ3) is 7.60. The van der Waals surface area contributed by atoms with Crippen LogP contribution in [0, 0.1) is 32.1 Å². The minimum Gasteiger partial charge on any atom is -0.490 e. The Balaban J connectivity index is 1.76. The number of nitriles is 1. The molecule has 0 bridgehead atoms. The highest BCUT2D eigenvalue weighted by atomic mass is 35.5. The molecule has 0 spiro atoms. The first-order valence-electron chi connectivity index (χ1n) is 11.7. The van der Waals surface area contributed by atoms with E-state index in [9.17, 15) is 14.9 Å². The molecule has 0 unspecified atom stereocenters. The molecule has 0 saturated carbocycles. The normalized spacial score (nSPS) is 10.9. The summed E-state index contributed by atoms with van der Waals surface area (Å²) in [6.07, 6.45) is 1.41. The Kier molecular flexibility index (Phi) is 9.31. The summed E-state index contributed by atoms with van der Waals surface area (Å²) in [7, 11) is 0. The van der Waals surface area contributed by atoms with Crippen LogP contribution < -0.4 is 20.1 Å². The molecule has 0 aliphatic heterocycles. The zero-order valence-corrected chi connectivity index (χ0v) is 21.9. The molecule has 8 heteroatoms. The lowest BCUT2D eigenvalue weighted by molar-refractivity contribution is -0.118. The third-order valence-corrected chi connectivity index (χ3v) is 5.74. The lowest BCUT2D eigenvalue weighted by atomic mass is 10.1.